The van der Waals surface area contributed by atoms with Crippen molar-refractivity contribution in [1.29, 1.82) is 0 Å². The summed E-state index contributed by atoms with van der Waals surface area (Å²) in [6.07, 6.45) is -0.235. The predicted molar refractivity (Wildman–Crippen MR) is 98.4 cm³/mol. The van der Waals surface area contributed by atoms with Crippen molar-refractivity contribution in [1.82, 2.24) is 4.90 Å². The lowest BCUT2D eigenvalue weighted by atomic mass is 10.1. The van der Waals surface area contributed by atoms with Gasteiger partial charge in [0.05, 0.1) is 6.61 Å². The summed E-state index contributed by atoms with van der Waals surface area (Å²) in [7, 11) is 1.66. The van der Waals surface area contributed by atoms with E-state index in [0.717, 1.165) is 18.0 Å². The van der Waals surface area contributed by atoms with Crippen LogP contribution < -0.4 is 9.64 Å². The number of nitrogens with zero attached hydrogens (tertiary/aromatic N) is 2. The first-order chi connectivity index (χ1) is 11.8. The molecule has 1 saturated heterocycles. The standard InChI is InChI=1S/C19H30N2O4/c1-15-14-20(18(22)25-19(2,3)4)10-11-21(15)16-6-8-17(9-7-16)24-13-12-23-5/h6-9,15H,10-14H2,1-5H3/t15-/m0/s1. The Morgan fingerprint density at radius 2 is 1.84 bits per heavy atom. The fourth-order valence-electron chi connectivity index (χ4n) is 2.81. The zero-order valence-electron chi connectivity index (χ0n) is 15.9. The molecule has 1 heterocycles. The average Bonchev–Trinajstić information content (AvgIpc) is 2.54. The van der Waals surface area contributed by atoms with Gasteiger partial charge in [0, 0.05) is 38.5 Å². The van der Waals surface area contributed by atoms with E-state index in [4.69, 9.17) is 14.2 Å². The van der Waals surface area contributed by atoms with E-state index in [1.807, 2.05) is 32.9 Å². The van der Waals surface area contributed by atoms with Crippen molar-refractivity contribution in [2.24, 2.45) is 0 Å². The van der Waals surface area contributed by atoms with E-state index >= 15 is 0 Å². The van der Waals surface area contributed by atoms with Crippen LogP contribution in [0.3, 0.4) is 0 Å². The maximum absolute atomic E-state index is 12.2. The largest absolute Gasteiger partial charge is 0.491 e. The first-order valence-corrected chi connectivity index (χ1v) is 8.76. The molecular weight excluding hydrogens is 320 g/mol. The molecule has 25 heavy (non-hydrogen) atoms. The van der Waals surface area contributed by atoms with Crippen molar-refractivity contribution in [3.05, 3.63) is 24.3 Å². The van der Waals surface area contributed by atoms with Crippen LogP contribution in [0.5, 0.6) is 5.75 Å². The van der Waals surface area contributed by atoms with Gasteiger partial charge >= 0.3 is 6.09 Å². The molecule has 0 bridgehead atoms. The maximum atomic E-state index is 12.2. The topological polar surface area (TPSA) is 51.2 Å². The van der Waals surface area contributed by atoms with Crippen molar-refractivity contribution in [3.63, 3.8) is 0 Å². The van der Waals surface area contributed by atoms with E-state index in [1.54, 1.807) is 12.0 Å². The fourth-order valence-corrected chi connectivity index (χ4v) is 2.81. The molecule has 1 aromatic rings. The monoisotopic (exact) mass is 350 g/mol. The smallest absolute Gasteiger partial charge is 0.410 e. The summed E-state index contributed by atoms with van der Waals surface area (Å²) in [4.78, 5) is 16.3. The minimum Gasteiger partial charge on any atom is -0.491 e. The summed E-state index contributed by atoms with van der Waals surface area (Å²) in [5, 5.41) is 0. The maximum Gasteiger partial charge on any atom is 0.410 e. The molecule has 1 aromatic carbocycles. The summed E-state index contributed by atoms with van der Waals surface area (Å²) in [6, 6.07) is 8.28. The van der Waals surface area contributed by atoms with Gasteiger partial charge in [0.2, 0.25) is 0 Å². The predicted octanol–water partition coefficient (Wildman–Crippen LogP) is 3.16. The highest BCUT2D eigenvalue weighted by Crippen LogP contribution is 2.24. The minimum absolute atomic E-state index is 0.224. The average molecular weight is 350 g/mol. The molecule has 1 aliphatic rings. The van der Waals surface area contributed by atoms with Crippen LogP contribution in [-0.2, 0) is 9.47 Å². The lowest BCUT2D eigenvalue weighted by Gasteiger charge is -2.41. The van der Waals surface area contributed by atoms with Gasteiger partial charge in [-0.05, 0) is 52.0 Å². The van der Waals surface area contributed by atoms with Gasteiger partial charge < -0.3 is 24.0 Å². The number of ether oxygens (including phenoxy) is 3. The summed E-state index contributed by atoms with van der Waals surface area (Å²) >= 11 is 0. The van der Waals surface area contributed by atoms with E-state index < -0.39 is 5.60 Å². The Hall–Kier alpha value is -1.95. The molecule has 0 radical (unpaired) electrons. The zero-order valence-corrected chi connectivity index (χ0v) is 15.9. The highest BCUT2D eigenvalue weighted by Gasteiger charge is 2.29. The molecule has 1 atom stereocenters. The first kappa shape index (κ1) is 19.4. The molecule has 1 fully saturated rings. The summed E-state index contributed by atoms with van der Waals surface area (Å²) < 4.78 is 16.0. The van der Waals surface area contributed by atoms with Crippen LogP contribution in [0.1, 0.15) is 27.7 Å². The van der Waals surface area contributed by atoms with Gasteiger partial charge in [-0.25, -0.2) is 4.79 Å². The number of methoxy groups -OCH3 is 1. The molecule has 2 rings (SSSR count). The van der Waals surface area contributed by atoms with Gasteiger partial charge in [-0.2, -0.15) is 0 Å². The van der Waals surface area contributed by atoms with Crippen LogP contribution in [0.2, 0.25) is 0 Å². The number of carbonyl (C=O) groups is 1. The molecule has 0 N–H and O–H groups in total. The molecule has 1 amide bonds. The molecule has 0 saturated carbocycles. The van der Waals surface area contributed by atoms with Gasteiger partial charge in [-0.1, -0.05) is 0 Å². The Balaban J connectivity index is 1.91. The number of piperazine rings is 1. The summed E-state index contributed by atoms with van der Waals surface area (Å²) in [5.41, 5.74) is 0.672. The normalized spacial score (nSPS) is 18.2. The van der Waals surface area contributed by atoms with Crippen LogP contribution in [0, 0.1) is 0 Å². The van der Waals surface area contributed by atoms with Crippen LogP contribution in [0.4, 0.5) is 10.5 Å². The Bertz CT molecular complexity index is 554. The van der Waals surface area contributed by atoms with Gasteiger partial charge in [-0.3, -0.25) is 0 Å². The van der Waals surface area contributed by atoms with Gasteiger partial charge in [0.25, 0.3) is 0 Å². The molecule has 6 heteroatoms. The van der Waals surface area contributed by atoms with Crippen LogP contribution in [0.25, 0.3) is 0 Å². The van der Waals surface area contributed by atoms with Crippen LogP contribution in [-0.4, -0.2) is 62.6 Å². The Morgan fingerprint density at radius 1 is 1.16 bits per heavy atom. The van der Waals surface area contributed by atoms with Crippen molar-refractivity contribution in [2.45, 2.75) is 39.3 Å². The van der Waals surface area contributed by atoms with Gasteiger partial charge in [0.1, 0.15) is 18.0 Å². The van der Waals surface area contributed by atoms with Crippen molar-refractivity contribution < 1.29 is 19.0 Å². The number of hydrogen-bond donors (Lipinski definition) is 0. The molecule has 140 valence electrons. The number of hydrogen-bond acceptors (Lipinski definition) is 5. The summed E-state index contributed by atoms with van der Waals surface area (Å²) in [5.74, 6) is 0.834. The van der Waals surface area contributed by atoms with E-state index in [-0.39, 0.29) is 12.1 Å². The van der Waals surface area contributed by atoms with Gasteiger partial charge in [0.15, 0.2) is 0 Å². The second kappa shape index (κ2) is 8.43. The molecular formula is C19H30N2O4. The van der Waals surface area contributed by atoms with Crippen LogP contribution >= 0.6 is 0 Å². The highest BCUT2D eigenvalue weighted by atomic mass is 16.6. The number of benzene rings is 1. The molecule has 1 aliphatic heterocycles. The third-order valence-electron chi connectivity index (χ3n) is 4.00. The molecule has 6 nitrogen and oxygen atoms in total. The SMILES string of the molecule is COCCOc1ccc(N2CCN(C(=O)OC(C)(C)C)C[C@@H]2C)cc1. The highest BCUT2D eigenvalue weighted by molar-refractivity contribution is 5.69. The number of anilines is 1. The van der Waals surface area contributed by atoms with Gasteiger partial charge in [-0.15, -0.1) is 0 Å². The van der Waals surface area contributed by atoms with E-state index in [1.165, 1.54) is 0 Å². The second-order valence-electron chi connectivity index (χ2n) is 7.30. The lowest BCUT2D eigenvalue weighted by Crippen LogP contribution is -2.54. The number of amides is 1. The minimum atomic E-state index is -0.462. The zero-order chi connectivity index (χ0) is 18.4. The third-order valence-corrected chi connectivity index (χ3v) is 4.00. The van der Waals surface area contributed by atoms with Crippen molar-refractivity contribution >= 4 is 11.8 Å². The van der Waals surface area contributed by atoms with E-state index in [2.05, 4.69) is 24.0 Å². The quantitative estimate of drug-likeness (QED) is 0.764. The summed E-state index contributed by atoms with van der Waals surface area (Å²) in [6.45, 7) is 11.0. The number of rotatable bonds is 5. The Kier molecular flexibility index (Phi) is 6.53. The fraction of sp³-hybridized carbons (Fsp3) is 0.632. The molecule has 0 unspecified atom stereocenters. The third kappa shape index (κ3) is 5.81. The molecule has 0 spiro atoms. The Labute approximate surface area is 150 Å². The van der Waals surface area contributed by atoms with E-state index in [9.17, 15) is 4.79 Å². The van der Waals surface area contributed by atoms with E-state index in [0.29, 0.717) is 26.3 Å². The van der Waals surface area contributed by atoms with Crippen molar-refractivity contribution in [3.8, 4) is 5.75 Å². The molecule has 0 aromatic heterocycles. The number of carbonyl (C=O) groups excluding carboxylic acids is 1. The molecule has 0 aliphatic carbocycles. The van der Waals surface area contributed by atoms with Crippen molar-refractivity contribution in [2.75, 3.05) is 44.9 Å². The lowest BCUT2D eigenvalue weighted by molar-refractivity contribution is 0.0219. The van der Waals surface area contributed by atoms with Crippen LogP contribution in [0.15, 0.2) is 24.3 Å². The first-order valence-electron chi connectivity index (χ1n) is 8.76. The second-order valence-corrected chi connectivity index (χ2v) is 7.30. The Morgan fingerprint density at radius 3 is 2.40 bits per heavy atom.